The van der Waals surface area contributed by atoms with Crippen LogP contribution in [-0.4, -0.2) is 40.9 Å². The number of hydrogen-bond acceptors (Lipinski definition) is 6. The first-order valence-corrected chi connectivity index (χ1v) is 5.64. The molecule has 1 aromatic rings. The molecule has 0 aliphatic heterocycles. The number of hydrogen-bond donors (Lipinski definition) is 0. The van der Waals surface area contributed by atoms with Crippen molar-refractivity contribution in [3.8, 4) is 11.5 Å². The van der Waals surface area contributed by atoms with E-state index in [9.17, 15) is 4.79 Å². The Labute approximate surface area is 112 Å². The van der Waals surface area contributed by atoms with Crippen LogP contribution < -0.4 is 9.47 Å². The quantitative estimate of drug-likeness (QED) is 0.525. The highest BCUT2D eigenvalue weighted by atomic mass is 16.7. The maximum Gasteiger partial charge on any atom is 0.309 e. The zero-order valence-electron chi connectivity index (χ0n) is 11.3. The van der Waals surface area contributed by atoms with E-state index in [0.29, 0.717) is 11.5 Å². The lowest BCUT2D eigenvalue weighted by Crippen LogP contribution is -2.06. The highest BCUT2D eigenvalue weighted by Crippen LogP contribution is 2.23. The van der Waals surface area contributed by atoms with Gasteiger partial charge in [0.2, 0.25) is 0 Å². The lowest BCUT2D eigenvalue weighted by Gasteiger charge is -2.11. The number of methoxy groups -OCH3 is 3. The van der Waals surface area contributed by atoms with Crippen LogP contribution in [0.1, 0.15) is 5.56 Å². The topological polar surface area (TPSA) is 63.2 Å². The van der Waals surface area contributed by atoms with Crippen LogP contribution >= 0.6 is 0 Å². The summed E-state index contributed by atoms with van der Waals surface area (Å²) in [6.07, 6.45) is 0.143. The number of ether oxygens (including phenoxy) is 5. The molecular formula is C13H18O6. The summed E-state index contributed by atoms with van der Waals surface area (Å²) in [7, 11) is 4.40. The molecule has 0 unspecified atom stereocenters. The van der Waals surface area contributed by atoms with E-state index in [0.717, 1.165) is 5.56 Å². The molecule has 0 radical (unpaired) electrons. The number of benzene rings is 1. The van der Waals surface area contributed by atoms with Gasteiger partial charge in [0.15, 0.2) is 13.6 Å². The molecule has 0 N–H and O–H groups in total. The zero-order valence-corrected chi connectivity index (χ0v) is 11.3. The molecule has 0 saturated heterocycles. The maximum atomic E-state index is 11.3. The van der Waals surface area contributed by atoms with E-state index < -0.39 is 0 Å². The molecule has 0 aliphatic rings. The predicted octanol–water partition coefficient (Wildman–Crippen LogP) is 1.37. The third-order valence-electron chi connectivity index (χ3n) is 2.20. The van der Waals surface area contributed by atoms with Crippen molar-refractivity contribution < 1.29 is 28.5 Å². The minimum atomic E-state index is -0.332. The summed E-state index contributed by atoms with van der Waals surface area (Å²) >= 11 is 0. The molecule has 0 aromatic heterocycles. The molecular weight excluding hydrogens is 252 g/mol. The Morgan fingerprint density at radius 1 is 0.947 bits per heavy atom. The van der Waals surface area contributed by atoms with Gasteiger partial charge in [0.05, 0.1) is 13.5 Å². The van der Waals surface area contributed by atoms with Crippen molar-refractivity contribution in [2.75, 3.05) is 34.9 Å². The van der Waals surface area contributed by atoms with E-state index in [1.54, 1.807) is 18.2 Å². The third-order valence-corrected chi connectivity index (χ3v) is 2.20. The van der Waals surface area contributed by atoms with Gasteiger partial charge >= 0.3 is 5.97 Å². The summed E-state index contributed by atoms with van der Waals surface area (Å²) in [5, 5.41) is 0. The second-order valence-corrected chi connectivity index (χ2v) is 3.67. The van der Waals surface area contributed by atoms with Crippen molar-refractivity contribution in [2.45, 2.75) is 6.42 Å². The summed E-state index contributed by atoms with van der Waals surface area (Å²) < 4.78 is 25.0. The molecule has 6 heteroatoms. The maximum absolute atomic E-state index is 11.3. The first-order chi connectivity index (χ1) is 9.19. The van der Waals surface area contributed by atoms with Crippen molar-refractivity contribution in [1.82, 2.24) is 0 Å². The Bertz CT molecular complexity index is 378. The van der Waals surface area contributed by atoms with E-state index in [2.05, 4.69) is 4.74 Å². The fraction of sp³-hybridized carbons (Fsp3) is 0.462. The lowest BCUT2D eigenvalue weighted by atomic mass is 10.1. The molecule has 0 atom stereocenters. The largest absolute Gasteiger partial charge is 0.469 e. The van der Waals surface area contributed by atoms with Crippen LogP contribution in [-0.2, 0) is 25.4 Å². The molecule has 6 nitrogen and oxygen atoms in total. The van der Waals surface area contributed by atoms with Gasteiger partial charge in [-0.1, -0.05) is 0 Å². The summed E-state index contributed by atoms with van der Waals surface area (Å²) in [4.78, 5) is 11.3. The number of carbonyl (C=O) groups excluding carboxylic acids is 1. The van der Waals surface area contributed by atoms with Crippen LogP contribution in [0.25, 0.3) is 0 Å². The van der Waals surface area contributed by atoms with Crippen molar-refractivity contribution in [3.63, 3.8) is 0 Å². The zero-order chi connectivity index (χ0) is 14.1. The molecule has 0 aliphatic carbocycles. The molecule has 0 fully saturated rings. The van der Waals surface area contributed by atoms with Crippen molar-refractivity contribution in [3.05, 3.63) is 23.8 Å². The molecule has 0 amide bonds. The molecule has 0 saturated carbocycles. The van der Waals surface area contributed by atoms with Crippen LogP contribution in [0.3, 0.4) is 0 Å². The Kier molecular flexibility index (Phi) is 6.70. The minimum absolute atomic E-state index is 0.116. The van der Waals surface area contributed by atoms with Crippen molar-refractivity contribution in [1.29, 1.82) is 0 Å². The molecule has 1 rings (SSSR count). The van der Waals surface area contributed by atoms with E-state index in [-0.39, 0.29) is 26.0 Å². The van der Waals surface area contributed by atoms with Crippen LogP contribution in [0, 0.1) is 0 Å². The van der Waals surface area contributed by atoms with Crippen LogP contribution in [0.2, 0.25) is 0 Å². The van der Waals surface area contributed by atoms with Gasteiger partial charge in [-0.15, -0.1) is 0 Å². The Morgan fingerprint density at radius 2 is 1.47 bits per heavy atom. The van der Waals surface area contributed by atoms with Crippen LogP contribution in [0.15, 0.2) is 18.2 Å². The van der Waals surface area contributed by atoms with Gasteiger partial charge in [-0.2, -0.15) is 0 Å². The first-order valence-electron chi connectivity index (χ1n) is 5.64. The second-order valence-electron chi connectivity index (χ2n) is 3.67. The third kappa shape index (κ3) is 5.58. The molecule has 106 valence electrons. The standard InChI is InChI=1S/C13H18O6/c1-15-8-18-11-4-10(6-13(14)17-3)5-12(7-11)19-9-16-2/h4-5,7H,6,8-9H2,1-3H3. The highest BCUT2D eigenvalue weighted by Gasteiger charge is 2.08. The normalized spacial score (nSPS) is 10.1. The summed E-state index contributed by atoms with van der Waals surface area (Å²) in [5.74, 6) is 0.769. The van der Waals surface area contributed by atoms with Gasteiger partial charge in [-0.3, -0.25) is 4.79 Å². The van der Waals surface area contributed by atoms with Gasteiger partial charge in [0.25, 0.3) is 0 Å². The number of esters is 1. The van der Waals surface area contributed by atoms with E-state index in [4.69, 9.17) is 18.9 Å². The Balaban J connectivity index is 2.84. The van der Waals surface area contributed by atoms with E-state index >= 15 is 0 Å². The summed E-state index contributed by atoms with van der Waals surface area (Å²) in [5.41, 5.74) is 0.728. The van der Waals surface area contributed by atoms with Crippen molar-refractivity contribution >= 4 is 5.97 Å². The van der Waals surface area contributed by atoms with Gasteiger partial charge in [0.1, 0.15) is 11.5 Å². The average molecular weight is 270 g/mol. The van der Waals surface area contributed by atoms with Crippen LogP contribution in [0.4, 0.5) is 0 Å². The predicted molar refractivity (Wildman–Crippen MR) is 67.2 cm³/mol. The highest BCUT2D eigenvalue weighted by molar-refractivity contribution is 5.72. The smallest absolute Gasteiger partial charge is 0.309 e. The summed E-state index contributed by atoms with van der Waals surface area (Å²) in [6, 6.07) is 5.16. The fourth-order valence-electron chi connectivity index (χ4n) is 1.39. The fourth-order valence-corrected chi connectivity index (χ4v) is 1.39. The van der Waals surface area contributed by atoms with Gasteiger partial charge in [-0.05, 0) is 17.7 Å². The Morgan fingerprint density at radius 3 is 1.89 bits per heavy atom. The van der Waals surface area contributed by atoms with Crippen molar-refractivity contribution in [2.24, 2.45) is 0 Å². The van der Waals surface area contributed by atoms with Crippen LogP contribution in [0.5, 0.6) is 11.5 Å². The van der Waals surface area contributed by atoms with Gasteiger partial charge in [0, 0.05) is 20.3 Å². The Hall–Kier alpha value is -1.79. The van der Waals surface area contributed by atoms with E-state index in [1.165, 1.54) is 21.3 Å². The molecule has 19 heavy (non-hydrogen) atoms. The SMILES string of the molecule is COCOc1cc(CC(=O)OC)cc(OCOC)c1. The molecule has 0 heterocycles. The summed E-state index contributed by atoms with van der Waals surface area (Å²) in [6.45, 7) is 0.233. The number of carbonyl (C=O) groups is 1. The average Bonchev–Trinajstić information content (AvgIpc) is 2.42. The first kappa shape index (κ1) is 15.3. The minimum Gasteiger partial charge on any atom is -0.469 e. The van der Waals surface area contributed by atoms with E-state index in [1.807, 2.05) is 0 Å². The number of rotatable bonds is 8. The lowest BCUT2D eigenvalue weighted by molar-refractivity contribution is -0.139. The molecule has 0 spiro atoms. The monoisotopic (exact) mass is 270 g/mol. The second kappa shape index (κ2) is 8.34. The van der Waals surface area contributed by atoms with Gasteiger partial charge in [-0.25, -0.2) is 0 Å². The molecule has 1 aromatic carbocycles. The van der Waals surface area contributed by atoms with Gasteiger partial charge < -0.3 is 23.7 Å². The molecule has 0 bridgehead atoms.